The van der Waals surface area contributed by atoms with E-state index in [-0.39, 0.29) is 12.5 Å². The lowest BCUT2D eigenvalue weighted by molar-refractivity contribution is -0.133. The zero-order chi connectivity index (χ0) is 20.3. The van der Waals surface area contributed by atoms with Crippen LogP contribution in [0.5, 0.6) is 0 Å². The van der Waals surface area contributed by atoms with Gasteiger partial charge in [-0.05, 0) is 50.3 Å². The third-order valence-corrected chi connectivity index (χ3v) is 5.15. The van der Waals surface area contributed by atoms with E-state index in [0.717, 1.165) is 21.6 Å². The number of benzene rings is 2. The fourth-order valence-corrected chi connectivity index (χ4v) is 3.43. The highest BCUT2D eigenvalue weighted by Gasteiger charge is 2.47. The molecule has 6 heteroatoms. The molecular formula is C22H25N3O3. The van der Waals surface area contributed by atoms with Crippen molar-refractivity contribution in [2.45, 2.75) is 39.2 Å². The summed E-state index contributed by atoms with van der Waals surface area (Å²) in [7, 11) is 0. The van der Waals surface area contributed by atoms with Gasteiger partial charge in [-0.3, -0.25) is 14.5 Å². The highest BCUT2D eigenvalue weighted by molar-refractivity contribution is 6.10. The summed E-state index contributed by atoms with van der Waals surface area (Å²) in [4.78, 5) is 38.7. The standard InChI is InChI=1S/C22H25N3O3/c1-15-8-7-9-16(2)19(15)23-18(26)14-25-20(27)22(3,24-21(25)28)13-12-17-10-5-4-6-11-17/h4-11H,12-14H2,1-3H3,(H,23,26)(H,24,28)/t22-/m0/s1. The molecule has 3 rings (SSSR count). The van der Waals surface area contributed by atoms with Crippen LogP contribution in [0.3, 0.4) is 0 Å². The first kappa shape index (κ1) is 19.6. The monoisotopic (exact) mass is 379 g/mol. The van der Waals surface area contributed by atoms with Crippen LogP contribution in [0, 0.1) is 13.8 Å². The molecule has 1 fully saturated rings. The van der Waals surface area contributed by atoms with Crippen LogP contribution in [-0.4, -0.2) is 34.8 Å². The molecule has 0 radical (unpaired) electrons. The number of hydrogen-bond acceptors (Lipinski definition) is 3. The number of anilines is 1. The normalized spacial score (nSPS) is 18.9. The molecule has 1 aliphatic rings. The molecule has 146 valence electrons. The van der Waals surface area contributed by atoms with Crippen molar-refractivity contribution in [1.29, 1.82) is 0 Å². The Morgan fingerprint density at radius 3 is 2.32 bits per heavy atom. The fourth-order valence-electron chi connectivity index (χ4n) is 3.43. The van der Waals surface area contributed by atoms with Crippen molar-refractivity contribution in [3.05, 3.63) is 65.2 Å². The Balaban J connectivity index is 1.65. The van der Waals surface area contributed by atoms with E-state index in [9.17, 15) is 14.4 Å². The lowest BCUT2D eigenvalue weighted by atomic mass is 9.93. The Morgan fingerprint density at radius 2 is 1.68 bits per heavy atom. The molecule has 1 saturated heterocycles. The second kappa shape index (κ2) is 7.84. The van der Waals surface area contributed by atoms with Gasteiger partial charge in [-0.2, -0.15) is 0 Å². The Kier molecular flexibility index (Phi) is 5.49. The average Bonchev–Trinajstić information content (AvgIpc) is 2.88. The molecule has 4 amide bonds. The summed E-state index contributed by atoms with van der Waals surface area (Å²) in [5.41, 5.74) is 2.66. The maximum Gasteiger partial charge on any atom is 0.325 e. The Labute approximate surface area is 164 Å². The number of rotatable bonds is 6. The SMILES string of the molecule is Cc1cccc(C)c1NC(=O)CN1C(=O)N[C@@](C)(CCc2ccccc2)C1=O. The quantitative estimate of drug-likeness (QED) is 0.757. The lowest BCUT2D eigenvalue weighted by Crippen LogP contribution is -2.45. The van der Waals surface area contributed by atoms with Crippen LogP contribution in [0.1, 0.15) is 30.0 Å². The van der Waals surface area contributed by atoms with Gasteiger partial charge in [0.15, 0.2) is 0 Å². The summed E-state index contributed by atoms with van der Waals surface area (Å²) < 4.78 is 0. The van der Waals surface area contributed by atoms with E-state index in [2.05, 4.69) is 10.6 Å². The van der Waals surface area contributed by atoms with Crippen molar-refractivity contribution in [3.8, 4) is 0 Å². The number of carbonyl (C=O) groups is 3. The summed E-state index contributed by atoms with van der Waals surface area (Å²) in [6, 6.07) is 15.0. The number of amides is 4. The lowest BCUT2D eigenvalue weighted by Gasteiger charge is -2.21. The number of hydrogen-bond donors (Lipinski definition) is 2. The average molecular weight is 379 g/mol. The van der Waals surface area contributed by atoms with Gasteiger partial charge in [-0.25, -0.2) is 4.79 Å². The molecule has 0 aliphatic carbocycles. The fraction of sp³-hybridized carbons (Fsp3) is 0.318. The summed E-state index contributed by atoms with van der Waals surface area (Å²) in [6.45, 7) is 5.20. The predicted molar refractivity (Wildman–Crippen MR) is 108 cm³/mol. The molecule has 1 heterocycles. The number of nitrogens with zero attached hydrogens (tertiary/aromatic N) is 1. The van der Waals surface area contributed by atoms with Gasteiger partial charge in [0.05, 0.1) is 0 Å². The smallest absolute Gasteiger partial charge is 0.324 e. The van der Waals surface area contributed by atoms with Gasteiger partial charge in [0.2, 0.25) is 5.91 Å². The predicted octanol–water partition coefficient (Wildman–Crippen LogP) is 3.19. The van der Waals surface area contributed by atoms with E-state index in [1.54, 1.807) is 6.92 Å². The maximum absolute atomic E-state index is 12.8. The second-order valence-electron chi connectivity index (χ2n) is 7.45. The number of aryl methyl sites for hydroxylation is 3. The van der Waals surface area contributed by atoms with Gasteiger partial charge in [0, 0.05) is 5.69 Å². The van der Waals surface area contributed by atoms with E-state index in [1.165, 1.54) is 0 Å². The molecule has 2 aromatic carbocycles. The molecule has 6 nitrogen and oxygen atoms in total. The van der Waals surface area contributed by atoms with Crippen LogP contribution >= 0.6 is 0 Å². The molecule has 0 bridgehead atoms. The number of urea groups is 1. The first-order valence-electron chi connectivity index (χ1n) is 9.34. The van der Waals surface area contributed by atoms with Crippen LogP contribution < -0.4 is 10.6 Å². The van der Waals surface area contributed by atoms with Gasteiger partial charge < -0.3 is 10.6 Å². The topological polar surface area (TPSA) is 78.5 Å². The minimum absolute atomic E-state index is 0.306. The summed E-state index contributed by atoms with van der Waals surface area (Å²) >= 11 is 0. The van der Waals surface area contributed by atoms with Crippen molar-refractivity contribution < 1.29 is 14.4 Å². The molecule has 0 spiro atoms. The van der Waals surface area contributed by atoms with Crippen LogP contribution in [0.25, 0.3) is 0 Å². The molecule has 2 N–H and O–H groups in total. The van der Waals surface area contributed by atoms with Crippen molar-refractivity contribution in [1.82, 2.24) is 10.2 Å². The number of carbonyl (C=O) groups excluding carboxylic acids is 3. The van der Waals surface area contributed by atoms with Crippen LogP contribution in [-0.2, 0) is 16.0 Å². The van der Waals surface area contributed by atoms with E-state index in [1.807, 2.05) is 62.4 Å². The number of imide groups is 1. The van der Waals surface area contributed by atoms with Crippen molar-refractivity contribution >= 4 is 23.5 Å². The highest BCUT2D eigenvalue weighted by atomic mass is 16.2. The highest BCUT2D eigenvalue weighted by Crippen LogP contribution is 2.24. The zero-order valence-electron chi connectivity index (χ0n) is 16.4. The first-order valence-corrected chi connectivity index (χ1v) is 9.34. The van der Waals surface area contributed by atoms with Gasteiger partial charge in [-0.1, -0.05) is 48.5 Å². The number of nitrogens with one attached hydrogen (secondary N) is 2. The molecule has 2 aromatic rings. The van der Waals surface area contributed by atoms with Crippen LogP contribution in [0.15, 0.2) is 48.5 Å². The van der Waals surface area contributed by atoms with Crippen LogP contribution in [0.2, 0.25) is 0 Å². The van der Waals surface area contributed by atoms with Gasteiger partial charge in [0.25, 0.3) is 5.91 Å². The number of para-hydroxylation sites is 1. The third-order valence-electron chi connectivity index (χ3n) is 5.15. The molecule has 0 aromatic heterocycles. The second-order valence-corrected chi connectivity index (χ2v) is 7.45. The minimum atomic E-state index is -1.01. The van der Waals surface area contributed by atoms with E-state index in [0.29, 0.717) is 18.5 Å². The van der Waals surface area contributed by atoms with Crippen molar-refractivity contribution in [3.63, 3.8) is 0 Å². The molecular weight excluding hydrogens is 354 g/mol. The minimum Gasteiger partial charge on any atom is -0.324 e. The van der Waals surface area contributed by atoms with Gasteiger partial charge in [0.1, 0.15) is 12.1 Å². The van der Waals surface area contributed by atoms with Gasteiger partial charge >= 0.3 is 6.03 Å². The zero-order valence-corrected chi connectivity index (χ0v) is 16.4. The van der Waals surface area contributed by atoms with Crippen molar-refractivity contribution in [2.75, 3.05) is 11.9 Å². The summed E-state index contributed by atoms with van der Waals surface area (Å²) in [5.74, 6) is -0.765. The maximum atomic E-state index is 12.8. The van der Waals surface area contributed by atoms with Crippen molar-refractivity contribution in [2.24, 2.45) is 0 Å². The first-order chi connectivity index (χ1) is 13.3. The molecule has 1 atom stereocenters. The van der Waals surface area contributed by atoms with E-state index >= 15 is 0 Å². The summed E-state index contributed by atoms with van der Waals surface area (Å²) in [6.07, 6.45) is 1.13. The Bertz CT molecular complexity index is 890. The molecule has 28 heavy (non-hydrogen) atoms. The van der Waals surface area contributed by atoms with E-state index < -0.39 is 17.5 Å². The Hall–Kier alpha value is -3.15. The third kappa shape index (κ3) is 4.06. The van der Waals surface area contributed by atoms with E-state index in [4.69, 9.17) is 0 Å². The molecule has 1 aliphatic heterocycles. The molecule has 0 unspecified atom stereocenters. The molecule has 0 saturated carbocycles. The van der Waals surface area contributed by atoms with Gasteiger partial charge in [-0.15, -0.1) is 0 Å². The van der Waals surface area contributed by atoms with Crippen LogP contribution in [0.4, 0.5) is 10.5 Å². The Morgan fingerprint density at radius 1 is 1.04 bits per heavy atom. The largest absolute Gasteiger partial charge is 0.325 e. The summed E-state index contributed by atoms with van der Waals surface area (Å²) in [5, 5.41) is 5.57.